The van der Waals surface area contributed by atoms with E-state index < -0.39 is 5.60 Å². The monoisotopic (exact) mass is 380 g/mol. The molecule has 1 fully saturated rings. The molecule has 0 aromatic heterocycles. The maximum atomic E-state index is 13.0. The summed E-state index contributed by atoms with van der Waals surface area (Å²) >= 11 is 0. The summed E-state index contributed by atoms with van der Waals surface area (Å²) in [5.74, 6) is -0.00375. The zero-order valence-corrected chi connectivity index (χ0v) is 17.0. The molecule has 0 N–H and O–H groups in total. The molecule has 0 saturated carbocycles. The van der Waals surface area contributed by atoms with E-state index in [1.807, 2.05) is 75.1 Å². The third kappa shape index (κ3) is 4.71. The highest BCUT2D eigenvalue weighted by atomic mass is 16.6. The Bertz CT molecular complexity index is 825. The number of hydrogen-bond acceptors (Lipinski definition) is 3. The van der Waals surface area contributed by atoms with Crippen molar-refractivity contribution in [2.75, 3.05) is 19.6 Å². The Morgan fingerprint density at radius 2 is 1.54 bits per heavy atom. The van der Waals surface area contributed by atoms with Crippen LogP contribution in [-0.4, -0.2) is 53.1 Å². The van der Waals surface area contributed by atoms with Gasteiger partial charge in [0.1, 0.15) is 5.60 Å². The number of carbonyl (C=O) groups is 2. The van der Waals surface area contributed by atoms with Gasteiger partial charge in [0.2, 0.25) is 0 Å². The number of rotatable bonds is 2. The van der Waals surface area contributed by atoms with E-state index in [0.717, 1.165) is 11.1 Å². The molecular weight excluding hydrogens is 352 g/mol. The first-order valence-electron chi connectivity index (χ1n) is 9.69. The minimum atomic E-state index is -0.520. The molecule has 28 heavy (non-hydrogen) atoms. The number of benzene rings is 2. The van der Waals surface area contributed by atoms with E-state index >= 15 is 0 Å². The fourth-order valence-corrected chi connectivity index (χ4v) is 3.35. The fourth-order valence-electron chi connectivity index (χ4n) is 3.35. The van der Waals surface area contributed by atoms with Gasteiger partial charge in [0.15, 0.2) is 0 Å². The molecule has 2 aromatic rings. The summed E-state index contributed by atoms with van der Waals surface area (Å²) in [6.45, 7) is 8.98. The van der Waals surface area contributed by atoms with Gasteiger partial charge >= 0.3 is 6.09 Å². The molecule has 5 nitrogen and oxygen atoms in total. The summed E-state index contributed by atoms with van der Waals surface area (Å²) in [5, 5.41) is 0. The molecule has 1 aliphatic rings. The van der Waals surface area contributed by atoms with Crippen LogP contribution < -0.4 is 0 Å². The summed E-state index contributed by atoms with van der Waals surface area (Å²) in [5.41, 5.74) is 2.35. The van der Waals surface area contributed by atoms with Crippen LogP contribution in [0.5, 0.6) is 0 Å². The fraction of sp³-hybridized carbons (Fsp3) is 0.391. The van der Waals surface area contributed by atoms with Crippen molar-refractivity contribution in [3.63, 3.8) is 0 Å². The van der Waals surface area contributed by atoms with Crippen molar-refractivity contribution < 1.29 is 14.3 Å². The van der Waals surface area contributed by atoms with Crippen LogP contribution in [0, 0.1) is 0 Å². The quantitative estimate of drug-likeness (QED) is 0.774. The van der Waals surface area contributed by atoms with Gasteiger partial charge in [0, 0.05) is 31.2 Å². The Balaban J connectivity index is 1.64. The van der Waals surface area contributed by atoms with E-state index in [4.69, 9.17) is 4.74 Å². The molecule has 1 aliphatic heterocycles. The van der Waals surface area contributed by atoms with E-state index in [-0.39, 0.29) is 18.0 Å². The lowest BCUT2D eigenvalue weighted by Crippen LogP contribution is -2.56. The van der Waals surface area contributed by atoms with E-state index in [9.17, 15) is 9.59 Å². The first-order valence-corrected chi connectivity index (χ1v) is 9.69. The van der Waals surface area contributed by atoms with E-state index in [0.29, 0.717) is 25.2 Å². The maximum Gasteiger partial charge on any atom is 0.410 e. The molecule has 2 amide bonds. The number of nitrogens with zero attached hydrogens (tertiary/aromatic N) is 2. The lowest BCUT2D eigenvalue weighted by Gasteiger charge is -2.40. The second kappa shape index (κ2) is 8.05. The zero-order chi connectivity index (χ0) is 20.3. The molecule has 5 heteroatoms. The largest absolute Gasteiger partial charge is 0.444 e. The Hall–Kier alpha value is -2.82. The van der Waals surface area contributed by atoms with E-state index in [1.165, 1.54) is 0 Å². The standard InChI is InChI=1S/C23H28N2O3/c1-17-16-24(22(27)28-23(2,3)4)14-15-25(17)21(26)20-12-10-19(11-13-20)18-8-6-5-7-9-18/h5-13,17H,14-16H2,1-4H3/t17-/m0/s1. The molecule has 0 bridgehead atoms. The summed E-state index contributed by atoms with van der Waals surface area (Å²) in [7, 11) is 0. The van der Waals surface area contributed by atoms with Crippen LogP contribution in [0.4, 0.5) is 4.79 Å². The van der Waals surface area contributed by atoms with Crippen LogP contribution in [0.2, 0.25) is 0 Å². The molecule has 1 heterocycles. The molecule has 3 rings (SSSR count). The van der Waals surface area contributed by atoms with E-state index in [2.05, 4.69) is 12.1 Å². The predicted molar refractivity (Wildman–Crippen MR) is 110 cm³/mol. The normalized spacial score (nSPS) is 17.4. The van der Waals surface area contributed by atoms with Gasteiger partial charge in [-0.25, -0.2) is 4.79 Å². The average molecular weight is 380 g/mol. The van der Waals surface area contributed by atoms with Crippen molar-refractivity contribution in [2.45, 2.75) is 39.3 Å². The van der Waals surface area contributed by atoms with Gasteiger partial charge in [-0.3, -0.25) is 4.79 Å². The first kappa shape index (κ1) is 19.9. The maximum absolute atomic E-state index is 13.0. The lowest BCUT2D eigenvalue weighted by atomic mass is 10.0. The smallest absolute Gasteiger partial charge is 0.410 e. The third-order valence-corrected chi connectivity index (χ3v) is 4.78. The van der Waals surface area contributed by atoms with Crippen LogP contribution in [0.25, 0.3) is 11.1 Å². The highest BCUT2D eigenvalue weighted by Gasteiger charge is 2.32. The minimum Gasteiger partial charge on any atom is -0.444 e. The van der Waals surface area contributed by atoms with Gasteiger partial charge < -0.3 is 14.5 Å². The molecule has 0 radical (unpaired) electrons. The SMILES string of the molecule is C[C@H]1CN(C(=O)OC(C)(C)C)CCN1C(=O)c1ccc(-c2ccccc2)cc1. The number of piperazine rings is 1. The van der Waals surface area contributed by atoms with Crippen molar-refractivity contribution in [1.82, 2.24) is 9.80 Å². The topological polar surface area (TPSA) is 49.9 Å². The summed E-state index contributed by atoms with van der Waals surface area (Å²) in [4.78, 5) is 28.7. The Labute approximate surface area is 166 Å². The van der Waals surface area contributed by atoms with E-state index in [1.54, 1.807) is 4.90 Å². The van der Waals surface area contributed by atoms with Gasteiger partial charge in [-0.1, -0.05) is 42.5 Å². The third-order valence-electron chi connectivity index (χ3n) is 4.78. The minimum absolute atomic E-state index is 0.00375. The molecular formula is C23H28N2O3. The number of amides is 2. The van der Waals surface area contributed by atoms with Crippen LogP contribution in [-0.2, 0) is 4.74 Å². The Morgan fingerprint density at radius 1 is 0.929 bits per heavy atom. The van der Waals surface area contributed by atoms with Gasteiger partial charge in [0.05, 0.1) is 0 Å². The van der Waals surface area contributed by atoms with Crippen molar-refractivity contribution in [3.8, 4) is 11.1 Å². The molecule has 0 aliphatic carbocycles. The highest BCUT2D eigenvalue weighted by Crippen LogP contribution is 2.21. The summed E-state index contributed by atoms with van der Waals surface area (Å²) in [6.07, 6.45) is -0.321. The lowest BCUT2D eigenvalue weighted by molar-refractivity contribution is 0.00617. The highest BCUT2D eigenvalue weighted by molar-refractivity contribution is 5.95. The molecule has 2 aromatic carbocycles. The van der Waals surface area contributed by atoms with Crippen LogP contribution in [0.1, 0.15) is 38.1 Å². The van der Waals surface area contributed by atoms with Gasteiger partial charge in [-0.2, -0.15) is 0 Å². The Morgan fingerprint density at radius 3 is 2.11 bits per heavy atom. The first-order chi connectivity index (χ1) is 13.2. The number of hydrogen-bond donors (Lipinski definition) is 0. The summed E-state index contributed by atoms with van der Waals surface area (Å²) < 4.78 is 5.44. The van der Waals surface area contributed by atoms with Crippen molar-refractivity contribution >= 4 is 12.0 Å². The van der Waals surface area contributed by atoms with Crippen LogP contribution in [0.3, 0.4) is 0 Å². The van der Waals surface area contributed by atoms with Crippen molar-refractivity contribution in [2.24, 2.45) is 0 Å². The number of carbonyl (C=O) groups excluding carboxylic acids is 2. The Kier molecular flexibility index (Phi) is 5.73. The van der Waals surface area contributed by atoms with Crippen LogP contribution >= 0.6 is 0 Å². The van der Waals surface area contributed by atoms with Crippen molar-refractivity contribution in [3.05, 3.63) is 60.2 Å². The van der Waals surface area contributed by atoms with Gasteiger partial charge in [-0.15, -0.1) is 0 Å². The average Bonchev–Trinajstić information content (AvgIpc) is 2.67. The predicted octanol–water partition coefficient (Wildman–Crippen LogP) is 4.44. The van der Waals surface area contributed by atoms with Gasteiger partial charge in [0.25, 0.3) is 5.91 Å². The second-order valence-electron chi connectivity index (χ2n) is 8.22. The van der Waals surface area contributed by atoms with Gasteiger partial charge in [-0.05, 0) is 51.0 Å². The second-order valence-corrected chi connectivity index (χ2v) is 8.22. The molecule has 0 unspecified atom stereocenters. The van der Waals surface area contributed by atoms with Crippen molar-refractivity contribution in [1.29, 1.82) is 0 Å². The number of ether oxygens (including phenoxy) is 1. The molecule has 148 valence electrons. The summed E-state index contributed by atoms with van der Waals surface area (Å²) in [6, 6.07) is 17.7. The zero-order valence-electron chi connectivity index (χ0n) is 17.0. The van der Waals surface area contributed by atoms with Crippen LogP contribution in [0.15, 0.2) is 54.6 Å². The molecule has 1 atom stereocenters. The molecule has 0 spiro atoms. The molecule has 1 saturated heterocycles.